The number of anilines is 1. The van der Waals surface area contributed by atoms with Crippen molar-refractivity contribution in [2.24, 2.45) is 5.92 Å². The molecule has 1 rings (SSSR count). The molecule has 1 aromatic rings. The summed E-state index contributed by atoms with van der Waals surface area (Å²) in [6, 6.07) is 3.31. The fourth-order valence-corrected chi connectivity index (χ4v) is 0.570. The van der Waals surface area contributed by atoms with E-state index in [0.29, 0.717) is 5.82 Å². The molecule has 1 unspecified atom stereocenters. The largest absolute Gasteiger partial charge is 0.363 e. The molecule has 0 radical (unpaired) electrons. The van der Waals surface area contributed by atoms with E-state index in [-0.39, 0.29) is 5.91 Å². The van der Waals surface area contributed by atoms with Crippen LogP contribution in [0.5, 0.6) is 0 Å². The summed E-state index contributed by atoms with van der Waals surface area (Å²) in [5.41, 5.74) is 0. The Morgan fingerprint density at radius 2 is 2.67 bits per heavy atom. The van der Waals surface area contributed by atoms with Crippen LogP contribution in [0.15, 0.2) is 16.9 Å². The molecule has 0 aliphatic rings. The molecule has 0 aromatic carbocycles. The van der Waals surface area contributed by atoms with Crippen LogP contribution < -0.4 is 5.32 Å². The second-order valence-electron chi connectivity index (χ2n) is 2.22. The van der Waals surface area contributed by atoms with Crippen LogP contribution in [-0.2, 0) is 4.79 Å². The lowest BCUT2D eigenvalue weighted by Gasteiger charge is -2.00. The van der Waals surface area contributed by atoms with Crippen LogP contribution in [0.2, 0.25) is 0 Å². The lowest BCUT2D eigenvalue weighted by Crippen LogP contribution is -2.18. The van der Waals surface area contributed by atoms with Crippen molar-refractivity contribution in [2.45, 2.75) is 6.92 Å². The maximum absolute atomic E-state index is 11.0. The van der Waals surface area contributed by atoms with Crippen molar-refractivity contribution >= 4 is 11.7 Å². The number of hydrogen-bond donors (Lipinski definition) is 1. The molecule has 1 atom stereocenters. The number of carbonyl (C=O) groups is 1. The van der Waals surface area contributed by atoms with Gasteiger partial charge < -0.3 is 9.84 Å². The second kappa shape index (κ2) is 3.53. The Kier molecular flexibility index (Phi) is 2.43. The summed E-state index contributed by atoms with van der Waals surface area (Å²) in [5, 5.41) is 14.2. The third-order valence-electron chi connectivity index (χ3n) is 1.28. The van der Waals surface area contributed by atoms with Gasteiger partial charge in [0.1, 0.15) is 12.2 Å². The van der Waals surface area contributed by atoms with Gasteiger partial charge in [0.2, 0.25) is 5.91 Å². The van der Waals surface area contributed by atoms with E-state index in [9.17, 15) is 4.79 Å². The van der Waals surface area contributed by atoms with Gasteiger partial charge in [-0.3, -0.25) is 4.79 Å². The fourth-order valence-electron chi connectivity index (χ4n) is 0.570. The smallest absolute Gasteiger partial charge is 0.242 e. The molecule has 1 heterocycles. The highest BCUT2D eigenvalue weighted by molar-refractivity contribution is 5.92. The molecule has 0 fully saturated rings. The van der Waals surface area contributed by atoms with Gasteiger partial charge in [-0.2, -0.15) is 5.26 Å². The van der Waals surface area contributed by atoms with E-state index in [1.807, 2.05) is 0 Å². The first-order valence-electron chi connectivity index (χ1n) is 3.35. The number of nitrogens with zero attached hydrogens (tertiary/aromatic N) is 2. The average molecular weight is 165 g/mol. The first-order valence-corrected chi connectivity index (χ1v) is 3.35. The maximum atomic E-state index is 11.0. The van der Waals surface area contributed by atoms with Crippen molar-refractivity contribution in [1.82, 2.24) is 5.16 Å². The molecule has 0 saturated heterocycles. The van der Waals surface area contributed by atoms with E-state index in [1.54, 1.807) is 6.07 Å². The van der Waals surface area contributed by atoms with Crippen molar-refractivity contribution in [2.75, 3.05) is 5.32 Å². The highest BCUT2D eigenvalue weighted by atomic mass is 16.5. The Morgan fingerprint density at radius 3 is 3.17 bits per heavy atom. The average Bonchev–Trinajstić information content (AvgIpc) is 2.55. The van der Waals surface area contributed by atoms with Gasteiger partial charge in [0.25, 0.3) is 0 Å². The summed E-state index contributed by atoms with van der Waals surface area (Å²) in [7, 11) is 0. The second-order valence-corrected chi connectivity index (χ2v) is 2.22. The lowest BCUT2D eigenvalue weighted by atomic mass is 10.2. The van der Waals surface area contributed by atoms with Crippen molar-refractivity contribution in [3.63, 3.8) is 0 Å². The van der Waals surface area contributed by atoms with Crippen LogP contribution in [0, 0.1) is 17.2 Å². The zero-order valence-corrected chi connectivity index (χ0v) is 6.44. The van der Waals surface area contributed by atoms with Crippen molar-refractivity contribution in [3.05, 3.63) is 12.3 Å². The minimum Gasteiger partial charge on any atom is -0.363 e. The Morgan fingerprint density at radius 1 is 1.92 bits per heavy atom. The quantitative estimate of drug-likeness (QED) is 0.702. The maximum Gasteiger partial charge on any atom is 0.242 e. The topological polar surface area (TPSA) is 78.9 Å². The van der Waals surface area contributed by atoms with Gasteiger partial charge in [-0.05, 0) is 6.92 Å². The summed E-state index contributed by atoms with van der Waals surface area (Å²) < 4.78 is 4.48. The molecule has 12 heavy (non-hydrogen) atoms. The zero-order valence-electron chi connectivity index (χ0n) is 6.44. The third-order valence-corrected chi connectivity index (χ3v) is 1.28. The minimum absolute atomic E-state index is 0.321. The van der Waals surface area contributed by atoms with Crippen LogP contribution in [-0.4, -0.2) is 11.1 Å². The van der Waals surface area contributed by atoms with Crippen molar-refractivity contribution in [1.29, 1.82) is 5.26 Å². The van der Waals surface area contributed by atoms with Crippen molar-refractivity contribution < 1.29 is 9.32 Å². The van der Waals surface area contributed by atoms with E-state index in [2.05, 4.69) is 15.0 Å². The molecule has 0 aliphatic carbocycles. The highest BCUT2D eigenvalue weighted by Crippen LogP contribution is 2.03. The van der Waals surface area contributed by atoms with Gasteiger partial charge in [0.15, 0.2) is 5.82 Å². The van der Waals surface area contributed by atoms with E-state index in [0.717, 1.165) is 0 Å². The Labute approximate surface area is 69.0 Å². The van der Waals surface area contributed by atoms with E-state index < -0.39 is 5.92 Å². The van der Waals surface area contributed by atoms with Gasteiger partial charge in [0.05, 0.1) is 6.07 Å². The predicted molar refractivity (Wildman–Crippen MR) is 39.9 cm³/mol. The number of nitrogens with one attached hydrogen (secondary N) is 1. The Bertz CT molecular complexity index is 299. The Hall–Kier alpha value is -1.83. The molecule has 1 N–H and O–H groups in total. The summed E-state index contributed by atoms with van der Waals surface area (Å²) in [6.45, 7) is 1.51. The minimum atomic E-state index is -0.679. The number of rotatable bonds is 2. The summed E-state index contributed by atoms with van der Waals surface area (Å²) >= 11 is 0. The van der Waals surface area contributed by atoms with Gasteiger partial charge in [-0.15, -0.1) is 0 Å². The monoisotopic (exact) mass is 165 g/mol. The van der Waals surface area contributed by atoms with Crippen LogP contribution in [0.1, 0.15) is 6.92 Å². The molecule has 5 heteroatoms. The molecule has 0 bridgehead atoms. The van der Waals surface area contributed by atoms with E-state index >= 15 is 0 Å². The molecule has 62 valence electrons. The lowest BCUT2D eigenvalue weighted by molar-refractivity contribution is -0.117. The van der Waals surface area contributed by atoms with E-state index in [1.165, 1.54) is 19.3 Å². The van der Waals surface area contributed by atoms with Crippen molar-refractivity contribution in [3.8, 4) is 6.07 Å². The zero-order chi connectivity index (χ0) is 8.97. The highest BCUT2D eigenvalue weighted by Gasteiger charge is 2.12. The van der Waals surface area contributed by atoms with Crippen LogP contribution in [0.3, 0.4) is 0 Å². The van der Waals surface area contributed by atoms with Crippen LogP contribution in [0.4, 0.5) is 5.82 Å². The number of amides is 1. The predicted octanol–water partition coefficient (Wildman–Crippen LogP) is 0.773. The molecule has 5 nitrogen and oxygen atoms in total. The number of carbonyl (C=O) groups excluding carboxylic acids is 1. The molecular formula is C7H7N3O2. The van der Waals surface area contributed by atoms with Gasteiger partial charge in [-0.1, -0.05) is 5.16 Å². The first kappa shape index (κ1) is 8.27. The fraction of sp³-hybridized carbons (Fsp3) is 0.286. The van der Waals surface area contributed by atoms with E-state index in [4.69, 9.17) is 5.26 Å². The normalized spacial score (nSPS) is 11.7. The molecule has 0 spiro atoms. The number of hydrogen-bond acceptors (Lipinski definition) is 4. The number of nitriles is 1. The summed E-state index contributed by atoms with van der Waals surface area (Å²) in [6.07, 6.45) is 1.34. The molecule has 1 amide bonds. The van der Waals surface area contributed by atoms with Crippen LogP contribution in [0.25, 0.3) is 0 Å². The van der Waals surface area contributed by atoms with Gasteiger partial charge in [0, 0.05) is 6.07 Å². The van der Waals surface area contributed by atoms with Gasteiger partial charge in [-0.25, -0.2) is 0 Å². The molecule has 1 aromatic heterocycles. The summed E-state index contributed by atoms with van der Waals surface area (Å²) in [4.78, 5) is 11.0. The standard InChI is InChI=1S/C7H7N3O2/c1-5(4-8)7(11)9-6-2-3-12-10-6/h2-3,5H,1H3,(H,9,10,11). The molecule has 0 aliphatic heterocycles. The number of aromatic nitrogens is 1. The Balaban J connectivity index is 2.54. The summed E-state index contributed by atoms with van der Waals surface area (Å²) in [5.74, 6) is -0.741. The van der Waals surface area contributed by atoms with Crippen LogP contribution >= 0.6 is 0 Å². The molecule has 0 saturated carbocycles. The van der Waals surface area contributed by atoms with Gasteiger partial charge >= 0.3 is 0 Å². The first-order chi connectivity index (χ1) is 5.74. The SMILES string of the molecule is CC(C#N)C(=O)Nc1ccon1. The molecular weight excluding hydrogens is 158 g/mol. The third kappa shape index (κ3) is 1.83.